The monoisotopic (exact) mass is 390 g/mol. The number of aryl methyl sites for hydroxylation is 1. The second kappa shape index (κ2) is 7.86. The van der Waals surface area contributed by atoms with Crippen molar-refractivity contribution >= 4 is 5.91 Å². The van der Waals surface area contributed by atoms with Gasteiger partial charge in [-0.1, -0.05) is 19.1 Å². The van der Waals surface area contributed by atoms with Gasteiger partial charge in [0.1, 0.15) is 5.82 Å². The molecule has 0 spiro atoms. The van der Waals surface area contributed by atoms with Crippen molar-refractivity contribution in [2.24, 2.45) is 5.92 Å². The van der Waals surface area contributed by atoms with Crippen LogP contribution in [0, 0.1) is 25.6 Å². The number of nitrogens with zero attached hydrogens (tertiary/aromatic N) is 2. The summed E-state index contributed by atoms with van der Waals surface area (Å²) in [6, 6.07) is 16.7. The van der Waals surface area contributed by atoms with Gasteiger partial charge in [-0.2, -0.15) is 0 Å². The molecule has 1 amide bonds. The van der Waals surface area contributed by atoms with Crippen LogP contribution in [0.15, 0.2) is 54.6 Å². The minimum atomic E-state index is -0.266. The molecule has 1 saturated heterocycles. The van der Waals surface area contributed by atoms with E-state index >= 15 is 0 Å². The van der Waals surface area contributed by atoms with Crippen LogP contribution in [0.4, 0.5) is 4.39 Å². The summed E-state index contributed by atoms with van der Waals surface area (Å²) in [5.74, 6) is 0.494. The fraction of sp³-hybridized carbons (Fsp3) is 0.320. The first-order valence-electron chi connectivity index (χ1n) is 10.3. The van der Waals surface area contributed by atoms with E-state index in [9.17, 15) is 9.18 Å². The molecule has 2 heterocycles. The van der Waals surface area contributed by atoms with Gasteiger partial charge in [0.05, 0.1) is 11.3 Å². The van der Waals surface area contributed by atoms with Crippen LogP contribution in [0.5, 0.6) is 0 Å². The first kappa shape index (κ1) is 19.4. The highest BCUT2D eigenvalue weighted by atomic mass is 19.1. The van der Waals surface area contributed by atoms with Crippen LogP contribution in [0.2, 0.25) is 0 Å². The number of halogens is 1. The van der Waals surface area contributed by atoms with Crippen molar-refractivity contribution in [1.82, 2.24) is 9.47 Å². The van der Waals surface area contributed by atoms with E-state index in [1.165, 1.54) is 12.1 Å². The van der Waals surface area contributed by atoms with Crippen LogP contribution < -0.4 is 0 Å². The summed E-state index contributed by atoms with van der Waals surface area (Å²) in [5.41, 5.74) is 5.59. The molecule has 4 heteroatoms. The molecule has 1 aliphatic heterocycles. The Labute approximate surface area is 171 Å². The van der Waals surface area contributed by atoms with Crippen LogP contribution in [-0.4, -0.2) is 28.5 Å². The molecular formula is C25H27FN2O. The molecule has 29 heavy (non-hydrogen) atoms. The van der Waals surface area contributed by atoms with Crippen molar-refractivity contribution in [2.75, 3.05) is 13.1 Å². The fourth-order valence-corrected chi connectivity index (χ4v) is 4.14. The van der Waals surface area contributed by atoms with Crippen molar-refractivity contribution in [3.8, 4) is 16.9 Å². The smallest absolute Gasteiger partial charge is 0.255 e. The van der Waals surface area contributed by atoms with Crippen molar-refractivity contribution in [3.63, 3.8) is 0 Å². The van der Waals surface area contributed by atoms with Gasteiger partial charge in [-0.3, -0.25) is 4.79 Å². The fourth-order valence-electron chi connectivity index (χ4n) is 4.14. The molecule has 0 saturated carbocycles. The lowest BCUT2D eigenvalue weighted by atomic mass is 9.98. The molecule has 0 atom stereocenters. The molecule has 1 aromatic heterocycles. The number of rotatable bonds is 3. The zero-order valence-corrected chi connectivity index (χ0v) is 17.3. The summed E-state index contributed by atoms with van der Waals surface area (Å²) in [6.45, 7) is 7.91. The van der Waals surface area contributed by atoms with Crippen LogP contribution in [0.3, 0.4) is 0 Å². The molecule has 0 bridgehead atoms. The highest BCUT2D eigenvalue weighted by Crippen LogP contribution is 2.31. The van der Waals surface area contributed by atoms with E-state index in [1.807, 2.05) is 30.0 Å². The van der Waals surface area contributed by atoms with Crippen molar-refractivity contribution in [2.45, 2.75) is 33.6 Å². The molecule has 4 rings (SSSR count). The normalized spacial score (nSPS) is 15.0. The maximum atomic E-state index is 13.5. The third-order valence-corrected chi connectivity index (χ3v) is 5.95. The van der Waals surface area contributed by atoms with Crippen molar-refractivity contribution in [3.05, 3.63) is 77.2 Å². The molecule has 0 unspecified atom stereocenters. The summed E-state index contributed by atoms with van der Waals surface area (Å²) < 4.78 is 15.6. The minimum absolute atomic E-state index is 0.0872. The summed E-state index contributed by atoms with van der Waals surface area (Å²) in [5, 5.41) is 0. The van der Waals surface area contributed by atoms with Gasteiger partial charge in [0, 0.05) is 24.5 Å². The standard InChI is InChI=1S/C25H27FN2O/c1-17-11-13-27(14-12-17)25(29)23-16-24(20-7-9-21(26)10-8-20)28(19(23)3)22-6-4-5-18(2)15-22/h4-10,15-17H,11-14H2,1-3H3. The van der Waals surface area contributed by atoms with Crippen molar-refractivity contribution in [1.29, 1.82) is 0 Å². The van der Waals surface area contributed by atoms with E-state index in [0.29, 0.717) is 5.92 Å². The Morgan fingerprint density at radius 3 is 2.34 bits per heavy atom. The van der Waals surface area contributed by atoms with Gasteiger partial charge in [0.15, 0.2) is 0 Å². The molecule has 1 fully saturated rings. The molecular weight excluding hydrogens is 363 g/mol. The van der Waals surface area contributed by atoms with Gasteiger partial charge < -0.3 is 9.47 Å². The highest BCUT2D eigenvalue weighted by molar-refractivity contribution is 5.97. The molecule has 3 nitrogen and oxygen atoms in total. The summed E-state index contributed by atoms with van der Waals surface area (Å²) in [6.07, 6.45) is 2.10. The Morgan fingerprint density at radius 2 is 1.69 bits per heavy atom. The number of carbonyl (C=O) groups is 1. The molecule has 0 aliphatic carbocycles. The zero-order chi connectivity index (χ0) is 20.5. The minimum Gasteiger partial charge on any atom is -0.339 e. The van der Waals surface area contributed by atoms with Gasteiger partial charge in [0.25, 0.3) is 5.91 Å². The number of aromatic nitrogens is 1. The quantitative estimate of drug-likeness (QED) is 0.557. The Kier molecular flexibility index (Phi) is 5.27. The van der Waals surface area contributed by atoms with Gasteiger partial charge in [-0.15, -0.1) is 0 Å². The topological polar surface area (TPSA) is 25.2 Å². The maximum absolute atomic E-state index is 13.5. The molecule has 150 valence electrons. The third-order valence-electron chi connectivity index (χ3n) is 5.95. The number of hydrogen-bond acceptors (Lipinski definition) is 1. The van der Waals surface area contributed by atoms with Crippen LogP contribution >= 0.6 is 0 Å². The predicted octanol–water partition coefficient (Wildman–Crippen LogP) is 5.77. The third kappa shape index (κ3) is 3.84. The van der Waals surface area contributed by atoms with Gasteiger partial charge in [-0.25, -0.2) is 4.39 Å². The predicted molar refractivity (Wildman–Crippen MR) is 115 cm³/mol. The summed E-state index contributed by atoms with van der Waals surface area (Å²) in [7, 11) is 0. The molecule has 2 aromatic carbocycles. The number of hydrogen-bond donors (Lipinski definition) is 0. The SMILES string of the molecule is Cc1cccc(-n2c(-c3ccc(F)cc3)cc(C(=O)N3CCC(C)CC3)c2C)c1. The largest absolute Gasteiger partial charge is 0.339 e. The van der Waals surface area contributed by atoms with E-state index in [-0.39, 0.29) is 11.7 Å². The van der Waals surface area contributed by atoms with E-state index in [2.05, 4.69) is 30.5 Å². The van der Waals surface area contributed by atoms with E-state index in [0.717, 1.165) is 59.7 Å². The number of carbonyl (C=O) groups excluding carboxylic acids is 1. The van der Waals surface area contributed by atoms with Crippen molar-refractivity contribution < 1.29 is 9.18 Å². The molecule has 0 radical (unpaired) electrons. The Bertz CT molecular complexity index is 1030. The van der Waals surface area contributed by atoms with Gasteiger partial charge in [-0.05, 0) is 86.2 Å². The number of piperidine rings is 1. The van der Waals surface area contributed by atoms with E-state index in [4.69, 9.17) is 0 Å². The number of likely N-dealkylation sites (tertiary alicyclic amines) is 1. The first-order chi connectivity index (χ1) is 13.9. The van der Waals surface area contributed by atoms with Crippen LogP contribution in [0.25, 0.3) is 16.9 Å². The average molecular weight is 391 g/mol. The van der Waals surface area contributed by atoms with Crippen LogP contribution in [-0.2, 0) is 0 Å². The lowest BCUT2D eigenvalue weighted by molar-refractivity contribution is 0.0696. The van der Waals surface area contributed by atoms with Crippen LogP contribution in [0.1, 0.15) is 41.4 Å². The number of amides is 1. The maximum Gasteiger partial charge on any atom is 0.255 e. The van der Waals surface area contributed by atoms with Gasteiger partial charge >= 0.3 is 0 Å². The Balaban J connectivity index is 1.82. The summed E-state index contributed by atoms with van der Waals surface area (Å²) >= 11 is 0. The summed E-state index contributed by atoms with van der Waals surface area (Å²) in [4.78, 5) is 15.3. The Morgan fingerprint density at radius 1 is 1.00 bits per heavy atom. The highest BCUT2D eigenvalue weighted by Gasteiger charge is 2.26. The number of benzene rings is 2. The molecule has 0 N–H and O–H groups in total. The van der Waals surface area contributed by atoms with E-state index < -0.39 is 0 Å². The second-order valence-electron chi connectivity index (χ2n) is 8.18. The van der Waals surface area contributed by atoms with Gasteiger partial charge in [0.2, 0.25) is 0 Å². The Hall–Kier alpha value is -2.88. The first-order valence-corrected chi connectivity index (χ1v) is 10.3. The zero-order valence-electron chi connectivity index (χ0n) is 17.3. The lowest BCUT2D eigenvalue weighted by Gasteiger charge is -2.30. The molecule has 3 aromatic rings. The molecule has 1 aliphatic rings. The second-order valence-corrected chi connectivity index (χ2v) is 8.18. The van der Waals surface area contributed by atoms with E-state index in [1.54, 1.807) is 12.1 Å². The average Bonchev–Trinajstić information content (AvgIpc) is 3.06. The lowest BCUT2D eigenvalue weighted by Crippen LogP contribution is -2.38.